The SMILES string of the molecule is CCCCOC(=O)[C@](C)(N)C#N. The number of nitriles is 1. The van der Waals surface area contributed by atoms with Crippen molar-refractivity contribution in [3.8, 4) is 6.07 Å². The third kappa shape index (κ3) is 3.35. The van der Waals surface area contributed by atoms with Crippen LogP contribution in [0.25, 0.3) is 0 Å². The van der Waals surface area contributed by atoms with Crippen LogP contribution in [0.1, 0.15) is 26.7 Å². The maximum absolute atomic E-state index is 11.0. The number of ether oxygens (including phenoxy) is 1. The van der Waals surface area contributed by atoms with Crippen LogP contribution < -0.4 is 5.73 Å². The molecule has 0 rings (SSSR count). The Morgan fingerprint density at radius 1 is 1.75 bits per heavy atom. The summed E-state index contributed by atoms with van der Waals surface area (Å²) in [4.78, 5) is 11.0. The maximum atomic E-state index is 11.0. The van der Waals surface area contributed by atoms with Gasteiger partial charge >= 0.3 is 5.97 Å². The molecule has 1 atom stereocenters. The second-order valence-corrected chi connectivity index (χ2v) is 2.80. The van der Waals surface area contributed by atoms with E-state index in [9.17, 15) is 4.79 Å². The van der Waals surface area contributed by atoms with Crippen LogP contribution in [0.4, 0.5) is 0 Å². The average molecular weight is 170 g/mol. The molecule has 0 fully saturated rings. The number of nitrogens with two attached hydrogens (primary N) is 1. The molecule has 0 aliphatic carbocycles. The smallest absolute Gasteiger partial charge is 0.340 e. The van der Waals surface area contributed by atoms with Crippen molar-refractivity contribution in [3.05, 3.63) is 0 Å². The Morgan fingerprint density at radius 3 is 2.75 bits per heavy atom. The molecule has 0 aliphatic rings. The molecule has 12 heavy (non-hydrogen) atoms. The zero-order valence-corrected chi connectivity index (χ0v) is 7.46. The summed E-state index contributed by atoms with van der Waals surface area (Å²) in [5.74, 6) is -0.654. The van der Waals surface area contributed by atoms with Crippen LogP contribution in [0.3, 0.4) is 0 Å². The molecule has 0 spiro atoms. The molecule has 68 valence electrons. The summed E-state index contributed by atoms with van der Waals surface area (Å²) in [7, 11) is 0. The topological polar surface area (TPSA) is 76.1 Å². The maximum Gasteiger partial charge on any atom is 0.340 e. The fourth-order valence-corrected chi connectivity index (χ4v) is 0.505. The first-order valence-corrected chi connectivity index (χ1v) is 3.92. The summed E-state index contributed by atoms with van der Waals surface area (Å²) < 4.78 is 4.75. The number of carbonyl (C=O) groups excluding carboxylic acids is 1. The summed E-state index contributed by atoms with van der Waals surface area (Å²) in [5, 5.41) is 8.45. The van der Waals surface area contributed by atoms with Gasteiger partial charge in [0.1, 0.15) is 0 Å². The minimum absolute atomic E-state index is 0.337. The van der Waals surface area contributed by atoms with E-state index in [1.807, 2.05) is 6.92 Å². The molecule has 0 aromatic heterocycles. The van der Waals surface area contributed by atoms with Crippen LogP contribution in [0.5, 0.6) is 0 Å². The molecule has 0 bridgehead atoms. The van der Waals surface area contributed by atoms with Crippen molar-refractivity contribution in [2.24, 2.45) is 5.73 Å². The van der Waals surface area contributed by atoms with E-state index in [2.05, 4.69) is 0 Å². The van der Waals surface area contributed by atoms with Gasteiger partial charge in [-0.3, -0.25) is 0 Å². The van der Waals surface area contributed by atoms with E-state index in [4.69, 9.17) is 15.7 Å². The fourth-order valence-electron chi connectivity index (χ4n) is 0.505. The fraction of sp³-hybridized carbons (Fsp3) is 0.750. The number of esters is 1. The second kappa shape index (κ2) is 4.73. The molecule has 2 N–H and O–H groups in total. The van der Waals surface area contributed by atoms with Gasteiger partial charge in [0, 0.05) is 0 Å². The van der Waals surface area contributed by atoms with E-state index in [1.165, 1.54) is 6.92 Å². The minimum Gasteiger partial charge on any atom is -0.464 e. The molecule has 0 radical (unpaired) electrons. The monoisotopic (exact) mass is 170 g/mol. The van der Waals surface area contributed by atoms with Gasteiger partial charge < -0.3 is 10.5 Å². The Hall–Kier alpha value is -1.08. The van der Waals surface area contributed by atoms with Crippen LogP contribution >= 0.6 is 0 Å². The van der Waals surface area contributed by atoms with Crippen LogP contribution in [0, 0.1) is 11.3 Å². The first-order valence-electron chi connectivity index (χ1n) is 3.92. The lowest BCUT2D eigenvalue weighted by atomic mass is 10.1. The van der Waals surface area contributed by atoms with Gasteiger partial charge in [-0.15, -0.1) is 0 Å². The van der Waals surface area contributed by atoms with Crippen molar-refractivity contribution >= 4 is 5.97 Å². The Labute approximate surface area is 72.3 Å². The summed E-state index contributed by atoms with van der Waals surface area (Å²) in [6.07, 6.45) is 1.74. The predicted molar refractivity (Wildman–Crippen MR) is 44.1 cm³/mol. The molecule has 0 aliphatic heterocycles. The highest BCUT2D eigenvalue weighted by Crippen LogP contribution is 2.01. The molecule has 0 aromatic carbocycles. The number of rotatable bonds is 4. The lowest BCUT2D eigenvalue weighted by Gasteiger charge is -2.13. The van der Waals surface area contributed by atoms with E-state index in [0.717, 1.165) is 12.8 Å². The van der Waals surface area contributed by atoms with Gasteiger partial charge in [-0.05, 0) is 13.3 Å². The third-order valence-electron chi connectivity index (χ3n) is 1.39. The Bertz CT molecular complexity index is 194. The first kappa shape index (κ1) is 10.9. The Balaban J connectivity index is 3.82. The molecule has 0 unspecified atom stereocenters. The predicted octanol–water partition coefficient (Wildman–Crippen LogP) is 0.571. The number of nitrogens with zero attached hydrogens (tertiary/aromatic N) is 1. The van der Waals surface area contributed by atoms with Gasteiger partial charge in [-0.1, -0.05) is 13.3 Å². The molecular formula is C8H14N2O2. The summed E-state index contributed by atoms with van der Waals surface area (Å²) in [6, 6.07) is 1.67. The Morgan fingerprint density at radius 2 is 2.33 bits per heavy atom. The van der Waals surface area contributed by atoms with Gasteiger partial charge in [0.15, 0.2) is 5.54 Å². The van der Waals surface area contributed by atoms with E-state index >= 15 is 0 Å². The molecule has 0 saturated carbocycles. The number of unbranched alkanes of at least 4 members (excludes halogenated alkanes) is 1. The standard InChI is InChI=1S/C8H14N2O2/c1-3-4-5-12-7(11)8(2,10)6-9/h3-5,10H2,1-2H3/t8-/m1/s1. The van der Waals surface area contributed by atoms with Crippen molar-refractivity contribution < 1.29 is 9.53 Å². The van der Waals surface area contributed by atoms with Crippen molar-refractivity contribution in [3.63, 3.8) is 0 Å². The average Bonchev–Trinajstić information content (AvgIpc) is 2.05. The number of hydrogen-bond acceptors (Lipinski definition) is 4. The minimum atomic E-state index is -1.51. The van der Waals surface area contributed by atoms with Crippen molar-refractivity contribution in [2.75, 3.05) is 6.61 Å². The number of carbonyl (C=O) groups is 1. The lowest BCUT2D eigenvalue weighted by molar-refractivity contribution is -0.147. The number of hydrogen-bond donors (Lipinski definition) is 1. The molecule has 4 heteroatoms. The normalized spacial score (nSPS) is 14.5. The Kier molecular flexibility index (Phi) is 4.30. The molecule has 0 amide bonds. The van der Waals surface area contributed by atoms with E-state index in [0.29, 0.717) is 6.61 Å². The van der Waals surface area contributed by atoms with Gasteiger partial charge in [0.25, 0.3) is 0 Å². The zero-order valence-electron chi connectivity index (χ0n) is 7.46. The van der Waals surface area contributed by atoms with Gasteiger partial charge in [0.2, 0.25) is 0 Å². The highest BCUT2D eigenvalue weighted by Gasteiger charge is 2.29. The van der Waals surface area contributed by atoms with Crippen LogP contribution in [-0.2, 0) is 9.53 Å². The highest BCUT2D eigenvalue weighted by molar-refractivity contribution is 5.83. The van der Waals surface area contributed by atoms with Gasteiger partial charge in [-0.2, -0.15) is 5.26 Å². The quantitative estimate of drug-likeness (QED) is 0.494. The second-order valence-electron chi connectivity index (χ2n) is 2.80. The van der Waals surface area contributed by atoms with Crippen molar-refractivity contribution in [2.45, 2.75) is 32.2 Å². The van der Waals surface area contributed by atoms with Gasteiger partial charge in [-0.25, -0.2) is 4.79 Å². The van der Waals surface area contributed by atoms with E-state index in [1.54, 1.807) is 6.07 Å². The lowest BCUT2D eigenvalue weighted by Crippen LogP contribution is -2.44. The van der Waals surface area contributed by atoms with E-state index < -0.39 is 11.5 Å². The molecule has 4 nitrogen and oxygen atoms in total. The first-order chi connectivity index (χ1) is 5.54. The summed E-state index contributed by atoms with van der Waals surface area (Å²) in [5.41, 5.74) is 3.80. The van der Waals surface area contributed by atoms with Crippen LogP contribution in [-0.4, -0.2) is 18.1 Å². The van der Waals surface area contributed by atoms with Crippen LogP contribution in [0.2, 0.25) is 0 Å². The molecule has 0 aromatic rings. The molecule has 0 saturated heterocycles. The van der Waals surface area contributed by atoms with Crippen molar-refractivity contribution in [1.29, 1.82) is 5.26 Å². The largest absolute Gasteiger partial charge is 0.464 e. The van der Waals surface area contributed by atoms with Crippen LogP contribution in [0.15, 0.2) is 0 Å². The highest BCUT2D eigenvalue weighted by atomic mass is 16.5. The molecule has 0 heterocycles. The third-order valence-corrected chi connectivity index (χ3v) is 1.39. The zero-order chi connectivity index (χ0) is 9.61. The molecular weight excluding hydrogens is 156 g/mol. The summed E-state index contributed by atoms with van der Waals surface area (Å²) in [6.45, 7) is 3.66. The van der Waals surface area contributed by atoms with E-state index in [-0.39, 0.29) is 0 Å². The van der Waals surface area contributed by atoms with Gasteiger partial charge in [0.05, 0.1) is 12.7 Å². The van der Waals surface area contributed by atoms with Crippen molar-refractivity contribution in [1.82, 2.24) is 0 Å². The summed E-state index contributed by atoms with van der Waals surface area (Å²) >= 11 is 0.